The summed E-state index contributed by atoms with van der Waals surface area (Å²) in [5, 5.41) is 3.09. The molecule has 0 heterocycles. The average molecular weight is 307 g/mol. The van der Waals surface area contributed by atoms with Gasteiger partial charge in [0.2, 0.25) is 0 Å². The third kappa shape index (κ3) is 4.14. The van der Waals surface area contributed by atoms with Crippen LogP contribution < -0.4 is 11.1 Å². The van der Waals surface area contributed by atoms with E-state index in [-0.39, 0.29) is 11.9 Å². The summed E-state index contributed by atoms with van der Waals surface area (Å²) < 4.78 is 23.7. The summed E-state index contributed by atoms with van der Waals surface area (Å²) in [5.74, 6) is -0.381. The molecule has 3 N–H and O–H groups in total. The van der Waals surface area contributed by atoms with E-state index in [1.54, 1.807) is 20.3 Å². The van der Waals surface area contributed by atoms with Gasteiger partial charge in [-0.25, -0.2) is 4.39 Å². The largest absolute Gasteiger partial charge is 0.397 e. The Morgan fingerprint density at radius 2 is 2.18 bits per heavy atom. The molecule has 0 radical (unpaired) electrons. The molecule has 96 valence electrons. The molecule has 1 aromatic carbocycles. The Labute approximate surface area is 108 Å². The van der Waals surface area contributed by atoms with Crippen molar-refractivity contribution in [3.63, 3.8) is 0 Å². The molecule has 0 aliphatic carbocycles. The summed E-state index contributed by atoms with van der Waals surface area (Å²) in [6, 6.07) is 2.87. The average Bonchev–Trinajstić information content (AvgIpc) is 2.30. The third-order valence-corrected chi connectivity index (χ3v) is 2.91. The van der Waals surface area contributed by atoms with Crippen molar-refractivity contribution in [1.82, 2.24) is 0 Å². The van der Waals surface area contributed by atoms with Crippen LogP contribution in [-0.2, 0) is 9.47 Å². The molecule has 17 heavy (non-hydrogen) atoms. The number of rotatable bonds is 6. The molecule has 1 aromatic rings. The van der Waals surface area contributed by atoms with Gasteiger partial charge in [-0.3, -0.25) is 0 Å². The number of nitrogens with two attached hydrogens (primary N) is 1. The second-order valence-electron chi connectivity index (χ2n) is 3.55. The van der Waals surface area contributed by atoms with Crippen LogP contribution in [0.5, 0.6) is 0 Å². The maximum atomic E-state index is 13.1. The lowest BCUT2D eigenvalue weighted by atomic mass is 10.2. The molecule has 1 unspecified atom stereocenters. The molecule has 0 fully saturated rings. The van der Waals surface area contributed by atoms with Crippen LogP contribution in [0, 0.1) is 5.82 Å². The highest BCUT2D eigenvalue weighted by molar-refractivity contribution is 9.10. The van der Waals surface area contributed by atoms with Crippen LogP contribution in [0.25, 0.3) is 0 Å². The summed E-state index contributed by atoms with van der Waals surface area (Å²) in [6.45, 7) is 1.01. The lowest BCUT2D eigenvalue weighted by Crippen LogP contribution is -2.26. The normalized spacial score (nSPS) is 12.5. The first-order chi connectivity index (χ1) is 8.08. The summed E-state index contributed by atoms with van der Waals surface area (Å²) in [7, 11) is 3.21. The molecule has 0 saturated carbocycles. The van der Waals surface area contributed by atoms with Gasteiger partial charge in [0.15, 0.2) is 0 Å². The highest BCUT2D eigenvalue weighted by Crippen LogP contribution is 2.26. The first-order valence-corrected chi connectivity index (χ1v) is 5.88. The van der Waals surface area contributed by atoms with Crippen LogP contribution in [-0.4, -0.2) is 33.5 Å². The van der Waals surface area contributed by atoms with Gasteiger partial charge in [-0.05, 0) is 22.0 Å². The van der Waals surface area contributed by atoms with Gasteiger partial charge in [-0.1, -0.05) is 0 Å². The van der Waals surface area contributed by atoms with E-state index in [4.69, 9.17) is 15.2 Å². The van der Waals surface area contributed by atoms with E-state index in [0.717, 1.165) is 0 Å². The van der Waals surface area contributed by atoms with Gasteiger partial charge < -0.3 is 20.5 Å². The van der Waals surface area contributed by atoms with E-state index in [1.807, 2.05) is 0 Å². The van der Waals surface area contributed by atoms with E-state index >= 15 is 0 Å². The molecule has 0 saturated heterocycles. The molecule has 1 atom stereocenters. The maximum absolute atomic E-state index is 13.1. The highest BCUT2D eigenvalue weighted by Gasteiger charge is 2.09. The molecule has 1 rings (SSSR count). The van der Waals surface area contributed by atoms with Crippen molar-refractivity contribution in [2.24, 2.45) is 0 Å². The number of nitrogen functional groups attached to an aromatic ring is 1. The molecular formula is C11H16BrFN2O2. The van der Waals surface area contributed by atoms with Gasteiger partial charge in [-0.2, -0.15) is 0 Å². The van der Waals surface area contributed by atoms with Crippen molar-refractivity contribution in [2.45, 2.75) is 6.10 Å². The van der Waals surface area contributed by atoms with Crippen molar-refractivity contribution < 1.29 is 13.9 Å². The topological polar surface area (TPSA) is 56.5 Å². The van der Waals surface area contributed by atoms with Crippen molar-refractivity contribution in [3.8, 4) is 0 Å². The van der Waals surface area contributed by atoms with Crippen molar-refractivity contribution >= 4 is 27.3 Å². The Hall–Kier alpha value is -0.850. The predicted molar refractivity (Wildman–Crippen MR) is 69.7 cm³/mol. The van der Waals surface area contributed by atoms with Crippen LogP contribution in [0.3, 0.4) is 0 Å². The minimum Gasteiger partial charge on any atom is -0.397 e. The fourth-order valence-corrected chi connectivity index (χ4v) is 1.68. The number of anilines is 2. The van der Waals surface area contributed by atoms with Crippen LogP contribution in [0.1, 0.15) is 0 Å². The zero-order valence-electron chi connectivity index (χ0n) is 9.80. The van der Waals surface area contributed by atoms with Crippen molar-refractivity contribution in [3.05, 3.63) is 22.4 Å². The molecule has 0 aliphatic heterocycles. The molecule has 0 aliphatic rings. The minimum atomic E-state index is -0.381. The first-order valence-electron chi connectivity index (χ1n) is 5.08. The molecule has 6 heteroatoms. The number of ether oxygens (including phenoxy) is 2. The zero-order chi connectivity index (χ0) is 12.8. The monoisotopic (exact) mass is 306 g/mol. The van der Waals surface area contributed by atoms with Gasteiger partial charge in [0.25, 0.3) is 0 Å². The summed E-state index contributed by atoms with van der Waals surface area (Å²) in [6.07, 6.45) is -0.0803. The SMILES string of the molecule is COCC(CNc1cc(Br)c(F)cc1N)OC. The molecule has 4 nitrogen and oxygen atoms in total. The zero-order valence-corrected chi connectivity index (χ0v) is 11.4. The number of methoxy groups -OCH3 is 2. The molecular weight excluding hydrogens is 291 g/mol. The number of hydrogen-bond donors (Lipinski definition) is 2. The van der Waals surface area contributed by atoms with Crippen LogP contribution in [0.4, 0.5) is 15.8 Å². The Morgan fingerprint density at radius 1 is 1.47 bits per heavy atom. The van der Waals surface area contributed by atoms with Gasteiger partial charge >= 0.3 is 0 Å². The van der Waals surface area contributed by atoms with E-state index in [1.165, 1.54) is 6.07 Å². The van der Waals surface area contributed by atoms with Crippen molar-refractivity contribution in [2.75, 3.05) is 38.4 Å². The second kappa shape index (κ2) is 6.78. The predicted octanol–water partition coefficient (Wildman–Crippen LogP) is 2.24. The second-order valence-corrected chi connectivity index (χ2v) is 4.40. The first kappa shape index (κ1) is 14.2. The number of hydrogen-bond acceptors (Lipinski definition) is 4. The maximum Gasteiger partial charge on any atom is 0.139 e. The molecule has 0 bridgehead atoms. The molecule has 0 spiro atoms. The third-order valence-electron chi connectivity index (χ3n) is 2.30. The lowest BCUT2D eigenvalue weighted by molar-refractivity contribution is 0.0366. The minimum absolute atomic E-state index is 0.0803. The van der Waals surface area contributed by atoms with Gasteiger partial charge in [0, 0.05) is 26.8 Å². The van der Waals surface area contributed by atoms with Crippen LogP contribution >= 0.6 is 15.9 Å². The van der Waals surface area contributed by atoms with E-state index in [0.29, 0.717) is 29.0 Å². The lowest BCUT2D eigenvalue weighted by Gasteiger charge is -2.17. The fourth-order valence-electron chi connectivity index (χ4n) is 1.34. The number of halogens is 2. The summed E-state index contributed by atoms with van der Waals surface area (Å²) >= 11 is 3.11. The van der Waals surface area contributed by atoms with Gasteiger partial charge in [0.1, 0.15) is 5.82 Å². The summed E-state index contributed by atoms with van der Waals surface area (Å²) in [4.78, 5) is 0. The van der Waals surface area contributed by atoms with E-state index in [9.17, 15) is 4.39 Å². The summed E-state index contributed by atoms with van der Waals surface area (Å²) in [5.41, 5.74) is 6.72. The van der Waals surface area contributed by atoms with Crippen LogP contribution in [0.2, 0.25) is 0 Å². The Morgan fingerprint density at radius 3 is 2.76 bits per heavy atom. The molecule has 0 amide bonds. The Kier molecular flexibility index (Phi) is 5.67. The number of nitrogens with one attached hydrogen (secondary N) is 1. The molecule has 0 aromatic heterocycles. The standard InChI is InChI=1S/C11H16BrFN2O2/c1-16-6-7(17-2)5-15-11-3-8(12)9(13)4-10(11)14/h3-4,7,15H,5-6,14H2,1-2H3. The highest BCUT2D eigenvalue weighted by atomic mass is 79.9. The fraction of sp³-hybridized carbons (Fsp3) is 0.455. The smallest absolute Gasteiger partial charge is 0.139 e. The van der Waals surface area contributed by atoms with E-state index < -0.39 is 0 Å². The Bertz CT molecular complexity index is 377. The van der Waals surface area contributed by atoms with Crippen molar-refractivity contribution in [1.29, 1.82) is 0 Å². The van der Waals surface area contributed by atoms with Crippen LogP contribution in [0.15, 0.2) is 16.6 Å². The van der Waals surface area contributed by atoms with E-state index in [2.05, 4.69) is 21.2 Å². The number of benzene rings is 1. The van der Waals surface area contributed by atoms with Gasteiger partial charge in [-0.15, -0.1) is 0 Å². The quantitative estimate of drug-likeness (QED) is 0.792. The van der Waals surface area contributed by atoms with Gasteiger partial charge in [0.05, 0.1) is 28.6 Å². The Balaban J connectivity index is 2.65.